The summed E-state index contributed by atoms with van der Waals surface area (Å²) in [6.45, 7) is 0. The van der Waals surface area contributed by atoms with Crippen LogP contribution < -0.4 is 0 Å². The van der Waals surface area contributed by atoms with Crippen molar-refractivity contribution < 1.29 is 8.78 Å². The average Bonchev–Trinajstić information content (AvgIpc) is 2.78. The summed E-state index contributed by atoms with van der Waals surface area (Å²) >= 11 is 1.69. The summed E-state index contributed by atoms with van der Waals surface area (Å²) in [5.41, 5.74) is 2.08. The van der Waals surface area contributed by atoms with Crippen molar-refractivity contribution in [3.8, 4) is 11.3 Å². The van der Waals surface area contributed by atoms with Crippen molar-refractivity contribution in [2.24, 2.45) is 0 Å². The van der Waals surface area contributed by atoms with Gasteiger partial charge in [0.25, 0.3) is 0 Å². The molecule has 1 aliphatic rings. The molecule has 0 saturated carbocycles. The van der Waals surface area contributed by atoms with E-state index in [1.807, 2.05) is 30.5 Å². The maximum atomic E-state index is 14.4. The topological polar surface area (TPSA) is 12.9 Å². The zero-order chi connectivity index (χ0) is 20.7. The second kappa shape index (κ2) is 6.02. The first-order chi connectivity index (χ1) is 15.2. The second-order valence-electron chi connectivity index (χ2n) is 7.90. The van der Waals surface area contributed by atoms with Crippen LogP contribution in [0.5, 0.6) is 0 Å². The molecule has 0 fully saturated rings. The lowest BCUT2D eigenvalue weighted by Gasteiger charge is -2.21. The van der Waals surface area contributed by atoms with Crippen LogP contribution in [0.2, 0.25) is 0 Å². The van der Waals surface area contributed by atoms with E-state index in [1.54, 1.807) is 17.8 Å². The molecule has 6 aromatic rings. The SMILES string of the molecule is Fc1cc(F)c2ccc3c4ccnc5c4c(cc3c2c1)Sc1cc2ccccc2cc1-5. The molecule has 1 aliphatic heterocycles. The quantitative estimate of drug-likeness (QED) is 0.229. The van der Waals surface area contributed by atoms with Gasteiger partial charge in [-0.25, -0.2) is 8.78 Å². The first-order valence-electron chi connectivity index (χ1n) is 10.0. The van der Waals surface area contributed by atoms with Gasteiger partial charge in [-0.2, -0.15) is 0 Å². The Hall–Kier alpha value is -3.50. The number of hydrogen-bond donors (Lipinski definition) is 0. The molecule has 0 radical (unpaired) electrons. The van der Waals surface area contributed by atoms with Crippen molar-refractivity contribution in [2.75, 3.05) is 0 Å². The van der Waals surface area contributed by atoms with Crippen LogP contribution in [0.15, 0.2) is 88.8 Å². The Bertz CT molecular complexity index is 1740. The van der Waals surface area contributed by atoms with Gasteiger partial charge in [-0.05, 0) is 62.6 Å². The molecular weight excluding hydrogens is 408 g/mol. The largest absolute Gasteiger partial charge is 0.256 e. The van der Waals surface area contributed by atoms with Crippen molar-refractivity contribution in [1.29, 1.82) is 0 Å². The van der Waals surface area contributed by atoms with Crippen LogP contribution >= 0.6 is 11.8 Å². The van der Waals surface area contributed by atoms with Gasteiger partial charge < -0.3 is 0 Å². The standard InChI is InChI=1S/C27H13F2NS/c28-16-11-20-18(23(29)12-16)6-5-17-19-7-8-30-27-22-9-14-3-1-2-4-15(14)10-24(22)31-25(26(19)27)13-21(17)20/h1-13H. The van der Waals surface area contributed by atoms with Crippen LogP contribution in [-0.4, -0.2) is 4.98 Å². The zero-order valence-electron chi connectivity index (χ0n) is 16.1. The third-order valence-electron chi connectivity index (χ3n) is 6.18. The average molecular weight is 421 g/mol. The van der Waals surface area contributed by atoms with Gasteiger partial charge in [0, 0.05) is 38.4 Å². The minimum absolute atomic E-state index is 0.432. The lowest BCUT2D eigenvalue weighted by molar-refractivity contribution is 0.592. The molecule has 0 amide bonds. The number of halogens is 2. The Labute approximate surface area is 180 Å². The van der Waals surface area contributed by atoms with E-state index >= 15 is 0 Å². The Balaban J connectivity index is 1.65. The summed E-state index contributed by atoms with van der Waals surface area (Å²) in [7, 11) is 0. The molecule has 0 aliphatic carbocycles. The molecule has 0 bridgehead atoms. The first kappa shape index (κ1) is 17.2. The summed E-state index contributed by atoms with van der Waals surface area (Å²) in [6.07, 6.45) is 1.83. The molecule has 1 aromatic heterocycles. The fourth-order valence-electron chi connectivity index (χ4n) is 4.80. The van der Waals surface area contributed by atoms with Crippen LogP contribution in [-0.2, 0) is 0 Å². The summed E-state index contributed by atoms with van der Waals surface area (Å²) in [6, 6.07) is 22.8. The highest BCUT2D eigenvalue weighted by atomic mass is 32.2. The lowest BCUT2D eigenvalue weighted by Crippen LogP contribution is -1.97. The van der Waals surface area contributed by atoms with Crippen molar-refractivity contribution in [1.82, 2.24) is 4.98 Å². The molecule has 4 heteroatoms. The van der Waals surface area contributed by atoms with E-state index in [0.29, 0.717) is 10.8 Å². The van der Waals surface area contributed by atoms with Gasteiger partial charge in [0.15, 0.2) is 0 Å². The molecular formula is C27H13F2NS. The summed E-state index contributed by atoms with van der Waals surface area (Å²) in [5.74, 6) is -1.10. The van der Waals surface area contributed by atoms with E-state index in [-0.39, 0.29) is 0 Å². The second-order valence-corrected chi connectivity index (χ2v) is 8.98. The minimum Gasteiger partial charge on any atom is -0.256 e. The zero-order valence-corrected chi connectivity index (χ0v) is 16.9. The fourth-order valence-corrected chi connectivity index (χ4v) is 5.97. The molecule has 146 valence electrons. The fraction of sp³-hybridized carbons (Fsp3) is 0. The highest BCUT2D eigenvalue weighted by Crippen LogP contribution is 2.50. The van der Waals surface area contributed by atoms with Crippen LogP contribution in [0.25, 0.3) is 54.3 Å². The number of nitrogens with zero attached hydrogens (tertiary/aromatic N) is 1. The molecule has 0 atom stereocenters. The minimum atomic E-state index is -0.564. The predicted octanol–water partition coefficient (Wildman–Crippen LogP) is 8.10. The maximum absolute atomic E-state index is 14.4. The monoisotopic (exact) mass is 421 g/mol. The Morgan fingerprint density at radius 2 is 1.42 bits per heavy atom. The molecule has 1 nitrogen and oxygen atoms in total. The molecule has 31 heavy (non-hydrogen) atoms. The number of pyridine rings is 1. The Kier molecular flexibility index (Phi) is 3.34. The van der Waals surface area contributed by atoms with Crippen LogP contribution in [0.3, 0.4) is 0 Å². The van der Waals surface area contributed by atoms with Gasteiger partial charge in [-0.15, -0.1) is 0 Å². The van der Waals surface area contributed by atoms with Gasteiger partial charge in [0.1, 0.15) is 11.6 Å². The van der Waals surface area contributed by atoms with Crippen molar-refractivity contribution in [3.63, 3.8) is 0 Å². The smallest absolute Gasteiger partial charge is 0.133 e. The van der Waals surface area contributed by atoms with Crippen LogP contribution in [0.1, 0.15) is 0 Å². The lowest BCUT2D eigenvalue weighted by atomic mass is 9.94. The Morgan fingerprint density at radius 1 is 0.645 bits per heavy atom. The molecule has 0 N–H and O–H groups in total. The first-order valence-corrected chi connectivity index (χ1v) is 10.8. The highest BCUT2D eigenvalue weighted by Gasteiger charge is 2.23. The number of rotatable bonds is 0. The van der Waals surface area contributed by atoms with Crippen molar-refractivity contribution in [2.45, 2.75) is 9.79 Å². The Morgan fingerprint density at radius 3 is 2.29 bits per heavy atom. The summed E-state index contributed by atoms with van der Waals surface area (Å²) in [4.78, 5) is 6.95. The highest BCUT2D eigenvalue weighted by molar-refractivity contribution is 7.99. The predicted molar refractivity (Wildman–Crippen MR) is 124 cm³/mol. The third kappa shape index (κ3) is 2.34. The summed E-state index contributed by atoms with van der Waals surface area (Å²) in [5, 5.41) is 7.37. The van der Waals surface area contributed by atoms with Gasteiger partial charge in [0.05, 0.1) is 5.69 Å². The van der Waals surface area contributed by atoms with E-state index in [2.05, 4.69) is 30.3 Å². The van der Waals surface area contributed by atoms with E-state index in [0.717, 1.165) is 48.7 Å². The van der Waals surface area contributed by atoms with E-state index in [1.165, 1.54) is 16.8 Å². The van der Waals surface area contributed by atoms with E-state index < -0.39 is 11.6 Å². The van der Waals surface area contributed by atoms with E-state index in [9.17, 15) is 8.78 Å². The van der Waals surface area contributed by atoms with Crippen LogP contribution in [0, 0.1) is 11.6 Å². The molecule has 7 rings (SSSR count). The van der Waals surface area contributed by atoms with Crippen molar-refractivity contribution in [3.05, 3.63) is 90.6 Å². The molecule has 0 unspecified atom stereocenters. The molecule has 0 saturated heterocycles. The number of aromatic nitrogens is 1. The molecule has 0 spiro atoms. The van der Waals surface area contributed by atoms with Gasteiger partial charge in [0.2, 0.25) is 0 Å². The molecule has 5 aromatic carbocycles. The number of fused-ring (bicyclic) bond motifs is 7. The summed E-state index contributed by atoms with van der Waals surface area (Å²) < 4.78 is 28.5. The van der Waals surface area contributed by atoms with Crippen LogP contribution in [0.4, 0.5) is 8.78 Å². The molecule has 2 heterocycles. The number of benzene rings is 5. The normalized spacial score (nSPS) is 12.7. The van der Waals surface area contributed by atoms with Crippen molar-refractivity contribution >= 4 is 54.9 Å². The maximum Gasteiger partial charge on any atom is 0.133 e. The third-order valence-corrected chi connectivity index (χ3v) is 7.28. The number of hydrogen-bond acceptors (Lipinski definition) is 2. The van der Waals surface area contributed by atoms with Gasteiger partial charge >= 0.3 is 0 Å². The van der Waals surface area contributed by atoms with Gasteiger partial charge in [-0.3, -0.25) is 4.98 Å². The van der Waals surface area contributed by atoms with E-state index in [4.69, 9.17) is 4.98 Å². The van der Waals surface area contributed by atoms with Gasteiger partial charge in [-0.1, -0.05) is 48.2 Å².